The minimum Gasteiger partial charge on any atom is -0.462 e. The topological polar surface area (TPSA) is 68.2 Å². The molecule has 0 radical (unpaired) electrons. The lowest BCUT2D eigenvalue weighted by molar-refractivity contribution is -0.136. The van der Waals surface area contributed by atoms with Crippen LogP contribution in [0.3, 0.4) is 0 Å². The van der Waals surface area contributed by atoms with Crippen molar-refractivity contribution in [2.75, 3.05) is 26.3 Å². The Morgan fingerprint density at radius 3 is 2.47 bits per heavy atom. The number of rotatable bonds is 7. The maximum absolute atomic E-state index is 12.9. The highest BCUT2D eigenvalue weighted by Gasteiger charge is 2.22. The van der Waals surface area contributed by atoms with E-state index in [0.29, 0.717) is 54.4 Å². The molecule has 0 N–H and O–H groups in total. The highest BCUT2D eigenvalue weighted by atomic mass is 35.5. The number of oxime groups is 1. The molecular formula is C27H37ClN2O4. The van der Waals surface area contributed by atoms with Gasteiger partial charge in [-0.1, -0.05) is 54.9 Å². The van der Waals surface area contributed by atoms with Gasteiger partial charge < -0.3 is 14.5 Å². The van der Waals surface area contributed by atoms with Gasteiger partial charge in [0.1, 0.15) is 0 Å². The molecule has 1 heterocycles. The summed E-state index contributed by atoms with van der Waals surface area (Å²) < 4.78 is 5.52. The molecule has 7 heteroatoms. The molecule has 0 saturated carbocycles. The SMILES string of the molecule is CCCN(CCC)C(=O)CON=C1C=CCC/C=C/CCOC(=O)c2c(C)cc(C)c(Cl)c2C1. The van der Waals surface area contributed by atoms with E-state index in [0.717, 1.165) is 36.8 Å². The van der Waals surface area contributed by atoms with Crippen LogP contribution in [-0.2, 0) is 20.8 Å². The molecule has 6 nitrogen and oxygen atoms in total. The van der Waals surface area contributed by atoms with Gasteiger partial charge in [-0.3, -0.25) is 4.79 Å². The number of allylic oxidation sites excluding steroid dienone is 3. The zero-order valence-corrected chi connectivity index (χ0v) is 21.6. The third kappa shape index (κ3) is 8.32. The van der Waals surface area contributed by atoms with E-state index in [4.69, 9.17) is 21.2 Å². The maximum atomic E-state index is 12.9. The van der Waals surface area contributed by atoms with Crippen molar-refractivity contribution in [3.63, 3.8) is 0 Å². The molecule has 1 aromatic carbocycles. The Morgan fingerprint density at radius 1 is 1.09 bits per heavy atom. The summed E-state index contributed by atoms with van der Waals surface area (Å²) >= 11 is 6.66. The van der Waals surface area contributed by atoms with Gasteiger partial charge >= 0.3 is 5.97 Å². The van der Waals surface area contributed by atoms with Crippen molar-refractivity contribution in [3.05, 3.63) is 57.6 Å². The molecule has 0 spiro atoms. The van der Waals surface area contributed by atoms with E-state index in [9.17, 15) is 9.59 Å². The van der Waals surface area contributed by atoms with Gasteiger partial charge in [0.25, 0.3) is 5.91 Å². The molecule has 34 heavy (non-hydrogen) atoms. The van der Waals surface area contributed by atoms with Crippen molar-refractivity contribution < 1.29 is 19.2 Å². The van der Waals surface area contributed by atoms with Crippen LogP contribution in [0, 0.1) is 13.8 Å². The van der Waals surface area contributed by atoms with Crippen LogP contribution in [0.25, 0.3) is 0 Å². The molecule has 186 valence electrons. The highest BCUT2D eigenvalue weighted by Crippen LogP contribution is 2.29. The molecule has 2 rings (SSSR count). The lowest BCUT2D eigenvalue weighted by Gasteiger charge is -2.20. The molecule has 0 bridgehead atoms. The molecule has 0 fully saturated rings. The van der Waals surface area contributed by atoms with Crippen LogP contribution in [0.2, 0.25) is 5.02 Å². The molecule has 1 aliphatic rings. The molecule has 0 aliphatic carbocycles. The van der Waals surface area contributed by atoms with Gasteiger partial charge in [0.15, 0.2) is 6.61 Å². The molecular weight excluding hydrogens is 452 g/mol. The number of benzene rings is 1. The van der Waals surface area contributed by atoms with E-state index >= 15 is 0 Å². The number of cyclic esters (lactones) is 1. The van der Waals surface area contributed by atoms with E-state index in [1.54, 1.807) is 4.90 Å². The van der Waals surface area contributed by atoms with Gasteiger partial charge in [-0.15, -0.1) is 0 Å². The van der Waals surface area contributed by atoms with Gasteiger partial charge in [-0.25, -0.2) is 4.79 Å². The fraction of sp³-hybridized carbons (Fsp3) is 0.519. The number of carbonyl (C=O) groups excluding carboxylic acids is 2. The Balaban J connectivity index is 2.34. The first kappa shape index (κ1) is 27.6. The van der Waals surface area contributed by atoms with Crippen LogP contribution in [0.15, 0.2) is 35.5 Å². The third-order valence-electron chi connectivity index (χ3n) is 5.51. The molecule has 1 aliphatic heterocycles. The largest absolute Gasteiger partial charge is 0.462 e. The lowest BCUT2D eigenvalue weighted by Crippen LogP contribution is -2.35. The van der Waals surface area contributed by atoms with Crippen molar-refractivity contribution >= 4 is 29.2 Å². The Kier molecular flexibility index (Phi) is 11.9. The summed E-state index contributed by atoms with van der Waals surface area (Å²) in [5.74, 6) is -0.481. The monoisotopic (exact) mass is 488 g/mol. The number of hydrogen-bond acceptors (Lipinski definition) is 5. The average Bonchev–Trinajstić information content (AvgIpc) is 2.80. The van der Waals surface area contributed by atoms with Crippen LogP contribution < -0.4 is 0 Å². The summed E-state index contributed by atoms with van der Waals surface area (Å²) in [6.07, 6.45) is 12.4. The zero-order chi connectivity index (χ0) is 24.9. The van der Waals surface area contributed by atoms with Crippen molar-refractivity contribution in [1.29, 1.82) is 0 Å². The van der Waals surface area contributed by atoms with Crippen LogP contribution >= 0.6 is 11.6 Å². The van der Waals surface area contributed by atoms with E-state index in [1.165, 1.54) is 0 Å². The average molecular weight is 489 g/mol. The second kappa shape index (κ2) is 14.6. The predicted molar refractivity (Wildman–Crippen MR) is 138 cm³/mol. The highest BCUT2D eigenvalue weighted by molar-refractivity contribution is 6.33. The second-order valence-corrected chi connectivity index (χ2v) is 8.85. The predicted octanol–water partition coefficient (Wildman–Crippen LogP) is 5.97. The normalized spacial score (nSPS) is 17.0. The van der Waals surface area contributed by atoms with Gasteiger partial charge in [0.05, 0.1) is 17.9 Å². The summed E-state index contributed by atoms with van der Waals surface area (Å²) in [6, 6.07) is 1.89. The molecule has 1 amide bonds. The standard InChI is InChI=1S/C27H37ClN2O4/c1-5-14-30(15-6-2)24(31)19-34-29-22-13-11-9-7-8-10-12-16-33-27(32)25-20(3)17-21(4)26(28)23(25)18-22/h8,10-11,13,17H,5-7,9,12,14-16,18-19H2,1-4H3/b10-8+,13-11?,29-22?. The number of carbonyl (C=O) groups is 2. The number of fused-ring (bicyclic) bond motifs is 1. The number of nitrogens with zero attached hydrogens (tertiary/aromatic N) is 2. The number of hydrogen-bond donors (Lipinski definition) is 0. The Morgan fingerprint density at radius 2 is 1.76 bits per heavy atom. The van der Waals surface area contributed by atoms with E-state index in [2.05, 4.69) is 11.2 Å². The van der Waals surface area contributed by atoms with Crippen molar-refractivity contribution in [3.8, 4) is 0 Å². The summed E-state index contributed by atoms with van der Waals surface area (Å²) in [5.41, 5.74) is 3.40. The maximum Gasteiger partial charge on any atom is 0.338 e. The first-order chi connectivity index (χ1) is 16.4. The van der Waals surface area contributed by atoms with Crippen molar-refractivity contribution in [1.82, 2.24) is 4.90 Å². The third-order valence-corrected chi connectivity index (χ3v) is 6.03. The summed E-state index contributed by atoms with van der Waals surface area (Å²) in [6.45, 7) is 9.46. The fourth-order valence-corrected chi connectivity index (χ4v) is 4.12. The minimum atomic E-state index is -0.394. The van der Waals surface area contributed by atoms with E-state index in [-0.39, 0.29) is 12.5 Å². The van der Waals surface area contributed by atoms with E-state index < -0.39 is 5.97 Å². The number of aryl methyl sites for hydroxylation is 2. The Hall–Kier alpha value is -2.60. The van der Waals surface area contributed by atoms with Crippen LogP contribution in [0.4, 0.5) is 0 Å². The lowest BCUT2D eigenvalue weighted by atomic mass is 9.94. The first-order valence-corrected chi connectivity index (χ1v) is 12.5. The van der Waals surface area contributed by atoms with E-state index in [1.807, 2.05) is 52.0 Å². The molecule has 0 atom stereocenters. The second-order valence-electron chi connectivity index (χ2n) is 8.47. The number of esters is 1. The van der Waals surface area contributed by atoms with Crippen LogP contribution in [0.5, 0.6) is 0 Å². The van der Waals surface area contributed by atoms with Crippen molar-refractivity contribution in [2.24, 2.45) is 5.16 Å². The minimum absolute atomic E-state index is 0.0863. The zero-order valence-electron chi connectivity index (χ0n) is 20.9. The number of ether oxygens (including phenoxy) is 1. The van der Waals surface area contributed by atoms with Gasteiger partial charge in [-0.05, 0) is 68.7 Å². The summed E-state index contributed by atoms with van der Waals surface area (Å²) in [4.78, 5) is 32.8. The van der Waals surface area contributed by atoms with Gasteiger partial charge in [-0.2, -0.15) is 0 Å². The van der Waals surface area contributed by atoms with Gasteiger partial charge in [0.2, 0.25) is 0 Å². The number of halogens is 1. The molecule has 1 aromatic rings. The molecule has 0 aromatic heterocycles. The molecule has 0 saturated heterocycles. The van der Waals surface area contributed by atoms with Crippen molar-refractivity contribution in [2.45, 2.75) is 66.2 Å². The summed E-state index contributed by atoms with van der Waals surface area (Å²) in [5, 5.41) is 4.79. The first-order valence-electron chi connectivity index (χ1n) is 12.1. The van der Waals surface area contributed by atoms with Crippen LogP contribution in [0.1, 0.15) is 73.0 Å². The number of amides is 1. The van der Waals surface area contributed by atoms with Crippen LogP contribution in [-0.4, -0.2) is 48.8 Å². The fourth-order valence-electron chi connectivity index (χ4n) is 3.90. The molecule has 0 unspecified atom stereocenters. The quantitative estimate of drug-likeness (QED) is 0.269. The summed E-state index contributed by atoms with van der Waals surface area (Å²) in [7, 11) is 0. The Bertz CT molecular complexity index is 931. The van der Waals surface area contributed by atoms with Gasteiger partial charge in [0, 0.05) is 24.5 Å². The smallest absolute Gasteiger partial charge is 0.338 e. The Labute approximate surface area is 208 Å².